The molecule has 2 aromatic carbocycles. The average molecular weight is 503 g/mol. The number of halogens is 3. The highest BCUT2D eigenvalue weighted by Crippen LogP contribution is 2.40. The molecule has 1 saturated carbocycles. The number of rotatable bonds is 2. The number of aromatic nitrogens is 3. The summed E-state index contributed by atoms with van der Waals surface area (Å²) in [7, 11) is 2.01. The summed E-state index contributed by atoms with van der Waals surface area (Å²) in [5.74, 6) is 2.34. The predicted molar refractivity (Wildman–Crippen MR) is 138 cm³/mol. The molecule has 1 aliphatic carbocycles. The molecule has 1 aromatic heterocycles. The molecule has 196 valence electrons. The van der Waals surface area contributed by atoms with Gasteiger partial charge in [0.1, 0.15) is 12.2 Å². The Labute approximate surface area is 212 Å². The lowest BCUT2D eigenvalue weighted by Gasteiger charge is -2.31. The highest BCUT2D eigenvalue weighted by atomic mass is 19.4. The number of anilines is 1. The maximum Gasteiger partial charge on any atom is 0.416 e. The van der Waals surface area contributed by atoms with Gasteiger partial charge in [-0.05, 0) is 61.1 Å². The number of fused-ring (bicyclic) bond motifs is 1. The Kier molecular flexibility index (Phi) is 10.3. The van der Waals surface area contributed by atoms with Crippen molar-refractivity contribution < 1.29 is 18.0 Å². The summed E-state index contributed by atoms with van der Waals surface area (Å²) >= 11 is 0. The number of carbonyl (C=O) groups excluding carboxylic acids is 1. The van der Waals surface area contributed by atoms with E-state index in [1.54, 1.807) is 43.6 Å². The molecule has 3 aromatic rings. The Hall–Kier alpha value is -3.16. The zero-order valence-electron chi connectivity index (χ0n) is 22.2. The molecule has 1 aliphatic heterocycles. The fourth-order valence-electron chi connectivity index (χ4n) is 4.40. The molecule has 5 rings (SSSR count). The molecule has 5 nitrogen and oxygen atoms in total. The third-order valence-electron chi connectivity index (χ3n) is 6.04. The molecule has 0 atom stereocenters. The number of hydrogen-bond acceptors (Lipinski definition) is 3. The van der Waals surface area contributed by atoms with Gasteiger partial charge in [-0.25, -0.2) is 0 Å². The van der Waals surface area contributed by atoms with Crippen molar-refractivity contribution in [2.75, 3.05) is 4.90 Å². The standard InChI is InChI=1S/C16H12F3NO.C8H13N3.2C2H6/c1-10-7-12-13(14(8-10)16(17,18)19)9-20(15(12)21)11-5-3-2-4-6-11;1-6-3-7(4-6)8-10-9-5-11(8)2;2*1-2/h2-8H,9H2,1H3;5-7H,3-4H2,1-2H3;2*1-2H3. The van der Waals surface area contributed by atoms with Crippen LogP contribution in [-0.4, -0.2) is 20.7 Å². The molecule has 1 fully saturated rings. The van der Waals surface area contributed by atoms with Gasteiger partial charge in [-0.3, -0.25) is 4.79 Å². The maximum atomic E-state index is 13.1. The van der Waals surface area contributed by atoms with E-state index in [-0.39, 0.29) is 23.6 Å². The number of aryl methyl sites for hydroxylation is 2. The first-order valence-corrected chi connectivity index (χ1v) is 12.6. The topological polar surface area (TPSA) is 51.0 Å². The molecule has 2 aliphatic rings. The Bertz CT molecular complexity index is 1120. The van der Waals surface area contributed by atoms with Gasteiger partial charge < -0.3 is 9.47 Å². The molecule has 36 heavy (non-hydrogen) atoms. The van der Waals surface area contributed by atoms with Crippen LogP contribution < -0.4 is 4.90 Å². The Morgan fingerprint density at radius 3 is 2.11 bits per heavy atom. The van der Waals surface area contributed by atoms with Crippen LogP contribution in [0.2, 0.25) is 0 Å². The number of amides is 1. The summed E-state index contributed by atoms with van der Waals surface area (Å²) in [5, 5.41) is 7.95. The zero-order chi connectivity index (χ0) is 27.0. The Morgan fingerprint density at radius 2 is 1.61 bits per heavy atom. The molecule has 0 spiro atoms. The molecule has 2 heterocycles. The van der Waals surface area contributed by atoms with Crippen molar-refractivity contribution in [1.29, 1.82) is 0 Å². The van der Waals surface area contributed by atoms with Gasteiger partial charge in [-0.15, -0.1) is 10.2 Å². The van der Waals surface area contributed by atoms with E-state index in [2.05, 4.69) is 17.1 Å². The Morgan fingerprint density at radius 1 is 1.00 bits per heavy atom. The van der Waals surface area contributed by atoms with Gasteiger partial charge in [0.15, 0.2) is 0 Å². The zero-order valence-corrected chi connectivity index (χ0v) is 22.2. The number of alkyl halides is 3. The minimum Gasteiger partial charge on any atom is -0.320 e. The first-order valence-electron chi connectivity index (χ1n) is 12.6. The van der Waals surface area contributed by atoms with Crippen LogP contribution in [0.1, 0.15) is 86.3 Å². The molecule has 8 heteroatoms. The van der Waals surface area contributed by atoms with Crippen molar-refractivity contribution in [3.8, 4) is 0 Å². The van der Waals surface area contributed by atoms with Crippen LogP contribution in [-0.2, 0) is 19.8 Å². The van der Waals surface area contributed by atoms with Crippen LogP contribution in [0.3, 0.4) is 0 Å². The van der Waals surface area contributed by atoms with E-state index in [0.29, 0.717) is 17.2 Å². The van der Waals surface area contributed by atoms with E-state index < -0.39 is 11.7 Å². The number of carbonyl (C=O) groups is 1. The highest BCUT2D eigenvalue weighted by molar-refractivity contribution is 6.10. The third-order valence-corrected chi connectivity index (χ3v) is 6.04. The SMILES string of the molecule is CC.CC.CC1CC(c2nncn2C)C1.Cc1cc2c(c(C(F)(F)F)c1)CN(c1ccccc1)C2=O. The molecule has 0 radical (unpaired) electrons. The maximum absolute atomic E-state index is 13.1. The number of nitrogens with zero attached hydrogens (tertiary/aromatic N) is 4. The van der Waals surface area contributed by atoms with Gasteiger partial charge in [0.25, 0.3) is 5.91 Å². The van der Waals surface area contributed by atoms with E-state index in [4.69, 9.17) is 0 Å². The van der Waals surface area contributed by atoms with Crippen molar-refractivity contribution in [3.05, 3.63) is 76.9 Å². The summed E-state index contributed by atoms with van der Waals surface area (Å²) in [6, 6.07) is 11.3. The number of para-hydroxylation sites is 1. The third kappa shape index (κ3) is 6.53. The molecule has 0 unspecified atom stereocenters. The van der Waals surface area contributed by atoms with Crippen molar-refractivity contribution in [3.63, 3.8) is 0 Å². The normalized spacial score (nSPS) is 17.9. The van der Waals surface area contributed by atoms with Crippen LogP contribution in [0.25, 0.3) is 0 Å². The fourth-order valence-corrected chi connectivity index (χ4v) is 4.40. The summed E-state index contributed by atoms with van der Waals surface area (Å²) < 4.78 is 41.5. The molecule has 0 bridgehead atoms. The first-order chi connectivity index (χ1) is 17.1. The first kappa shape index (κ1) is 29.1. The minimum atomic E-state index is -4.46. The number of hydrogen-bond donors (Lipinski definition) is 0. The molecular formula is C28H37F3N4O. The monoisotopic (exact) mass is 502 g/mol. The van der Waals surface area contributed by atoms with Crippen LogP contribution in [0.15, 0.2) is 48.8 Å². The summed E-state index contributed by atoms with van der Waals surface area (Å²) in [6.07, 6.45) is -0.111. The summed E-state index contributed by atoms with van der Waals surface area (Å²) in [4.78, 5) is 13.8. The summed E-state index contributed by atoms with van der Waals surface area (Å²) in [6.45, 7) is 11.8. The van der Waals surface area contributed by atoms with Crippen LogP contribution >= 0.6 is 0 Å². The van der Waals surface area contributed by atoms with E-state index in [9.17, 15) is 18.0 Å². The largest absolute Gasteiger partial charge is 0.416 e. The van der Waals surface area contributed by atoms with E-state index >= 15 is 0 Å². The van der Waals surface area contributed by atoms with Gasteiger partial charge in [-0.2, -0.15) is 13.2 Å². The second kappa shape index (κ2) is 12.7. The minimum absolute atomic E-state index is 0.0483. The number of benzene rings is 2. The Balaban J connectivity index is 0.000000256. The lowest BCUT2D eigenvalue weighted by molar-refractivity contribution is -0.138. The van der Waals surface area contributed by atoms with Gasteiger partial charge in [0, 0.05) is 24.2 Å². The quantitative estimate of drug-likeness (QED) is 0.363. The molecular weight excluding hydrogens is 465 g/mol. The lowest BCUT2D eigenvalue weighted by atomic mass is 9.76. The van der Waals surface area contributed by atoms with Crippen LogP contribution in [0.4, 0.5) is 18.9 Å². The summed E-state index contributed by atoms with van der Waals surface area (Å²) in [5.41, 5.74) is 0.520. The van der Waals surface area contributed by atoms with E-state index in [0.717, 1.165) is 17.8 Å². The smallest absolute Gasteiger partial charge is 0.320 e. The van der Waals surface area contributed by atoms with Crippen molar-refractivity contribution in [2.45, 2.75) is 73.0 Å². The van der Waals surface area contributed by atoms with Crippen molar-refractivity contribution in [2.24, 2.45) is 13.0 Å². The van der Waals surface area contributed by atoms with E-state index in [1.165, 1.54) is 23.8 Å². The predicted octanol–water partition coefficient (Wildman–Crippen LogP) is 7.56. The van der Waals surface area contributed by atoms with Crippen molar-refractivity contribution in [1.82, 2.24) is 14.8 Å². The molecule has 0 saturated heterocycles. The van der Waals surface area contributed by atoms with Gasteiger partial charge in [0.05, 0.1) is 12.1 Å². The fraction of sp³-hybridized carbons (Fsp3) is 0.464. The van der Waals surface area contributed by atoms with E-state index in [1.807, 2.05) is 39.3 Å². The van der Waals surface area contributed by atoms with Gasteiger partial charge >= 0.3 is 6.18 Å². The van der Waals surface area contributed by atoms with Crippen molar-refractivity contribution >= 4 is 11.6 Å². The average Bonchev–Trinajstić information content (AvgIpc) is 3.42. The second-order valence-electron chi connectivity index (χ2n) is 8.64. The second-order valence-corrected chi connectivity index (χ2v) is 8.64. The van der Waals surface area contributed by atoms with Gasteiger partial charge in [-0.1, -0.05) is 52.8 Å². The lowest BCUT2D eigenvalue weighted by Crippen LogP contribution is -2.22. The van der Waals surface area contributed by atoms with Crippen LogP contribution in [0, 0.1) is 12.8 Å². The highest BCUT2D eigenvalue weighted by Gasteiger charge is 2.40. The molecule has 0 N–H and O–H groups in total. The van der Waals surface area contributed by atoms with Gasteiger partial charge in [0.2, 0.25) is 0 Å². The van der Waals surface area contributed by atoms with Crippen LogP contribution in [0.5, 0.6) is 0 Å². The molecule has 1 amide bonds.